The van der Waals surface area contributed by atoms with Gasteiger partial charge >= 0.3 is 0 Å². The fraction of sp³-hybridized carbons (Fsp3) is 0.500. The SMILES string of the molecule is CC(C)c1ccc(C(=O)N2CCOCC2)c(F)c1. The normalized spacial score (nSPS) is 16.1. The smallest absolute Gasteiger partial charge is 0.256 e. The fourth-order valence-corrected chi connectivity index (χ4v) is 2.00. The summed E-state index contributed by atoms with van der Waals surface area (Å²) in [5.41, 5.74) is 1.06. The summed E-state index contributed by atoms with van der Waals surface area (Å²) >= 11 is 0. The van der Waals surface area contributed by atoms with Crippen LogP contribution in [-0.4, -0.2) is 37.1 Å². The topological polar surface area (TPSA) is 29.5 Å². The van der Waals surface area contributed by atoms with Crippen LogP contribution >= 0.6 is 0 Å². The molecule has 3 nitrogen and oxygen atoms in total. The van der Waals surface area contributed by atoms with Crippen molar-refractivity contribution in [2.24, 2.45) is 0 Å². The molecule has 18 heavy (non-hydrogen) atoms. The average molecular weight is 251 g/mol. The first-order chi connectivity index (χ1) is 8.59. The summed E-state index contributed by atoms with van der Waals surface area (Å²) in [7, 11) is 0. The molecule has 0 bridgehead atoms. The van der Waals surface area contributed by atoms with E-state index in [4.69, 9.17) is 4.74 Å². The highest BCUT2D eigenvalue weighted by atomic mass is 19.1. The van der Waals surface area contributed by atoms with Crippen molar-refractivity contribution in [3.05, 3.63) is 35.1 Å². The Balaban J connectivity index is 2.19. The van der Waals surface area contributed by atoms with Crippen LogP contribution in [0.15, 0.2) is 18.2 Å². The first-order valence-corrected chi connectivity index (χ1v) is 6.26. The van der Waals surface area contributed by atoms with Gasteiger partial charge in [0.1, 0.15) is 5.82 Å². The zero-order valence-electron chi connectivity index (χ0n) is 10.8. The molecule has 1 amide bonds. The molecular weight excluding hydrogens is 233 g/mol. The summed E-state index contributed by atoms with van der Waals surface area (Å²) in [5.74, 6) is -0.421. The molecule has 98 valence electrons. The molecule has 0 radical (unpaired) electrons. The number of amides is 1. The van der Waals surface area contributed by atoms with Gasteiger partial charge < -0.3 is 9.64 Å². The number of morpholine rings is 1. The highest BCUT2D eigenvalue weighted by Crippen LogP contribution is 2.19. The summed E-state index contributed by atoms with van der Waals surface area (Å²) in [4.78, 5) is 13.8. The van der Waals surface area contributed by atoms with Gasteiger partial charge in [-0.1, -0.05) is 19.9 Å². The van der Waals surface area contributed by atoms with Crippen molar-refractivity contribution in [2.75, 3.05) is 26.3 Å². The van der Waals surface area contributed by atoms with Gasteiger partial charge in [0.15, 0.2) is 0 Å². The van der Waals surface area contributed by atoms with Crippen molar-refractivity contribution in [3.8, 4) is 0 Å². The first-order valence-electron chi connectivity index (χ1n) is 6.26. The first kappa shape index (κ1) is 13.0. The minimum Gasteiger partial charge on any atom is -0.378 e. The number of ether oxygens (including phenoxy) is 1. The third-order valence-electron chi connectivity index (χ3n) is 3.19. The molecule has 0 aliphatic carbocycles. The number of hydrogen-bond donors (Lipinski definition) is 0. The number of carbonyl (C=O) groups is 1. The minimum absolute atomic E-state index is 0.154. The molecule has 2 rings (SSSR count). The van der Waals surface area contributed by atoms with E-state index >= 15 is 0 Å². The molecule has 0 unspecified atom stereocenters. The van der Waals surface area contributed by atoms with Gasteiger partial charge in [-0.15, -0.1) is 0 Å². The number of hydrogen-bond acceptors (Lipinski definition) is 2. The van der Waals surface area contributed by atoms with Gasteiger partial charge in [-0.05, 0) is 23.6 Å². The van der Waals surface area contributed by atoms with Gasteiger partial charge in [-0.25, -0.2) is 4.39 Å². The van der Waals surface area contributed by atoms with Crippen LogP contribution in [0.3, 0.4) is 0 Å². The Hall–Kier alpha value is -1.42. The molecule has 0 saturated carbocycles. The summed E-state index contributed by atoms with van der Waals surface area (Å²) in [6.07, 6.45) is 0. The number of nitrogens with zero attached hydrogens (tertiary/aromatic N) is 1. The molecule has 0 N–H and O–H groups in total. The molecule has 0 aromatic heterocycles. The van der Waals surface area contributed by atoms with E-state index in [1.807, 2.05) is 19.9 Å². The van der Waals surface area contributed by atoms with E-state index in [1.54, 1.807) is 11.0 Å². The number of halogens is 1. The number of carbonyl (C=O) groups excluding carboxylic acids is 1. The van der Waals surface area contributed by atoms with Crippen molar-refractivity contribution in [2.45, 2.75) is 19.8 Å². The maximum atomic E-state index is 13.9. The highest BCUT2D eigenvalue weighted by Gasteiger charge is 2.21. The molecule has 4 heteroatoms. The standard InChI is InChI=1S/C14H18FNO2/c1-10(2)11-3-4-12(13(15)9-11)14(17)16-5-7-18-8-6-16/h3-4,9-10H,5-8H2,1-2H3. The third-order valence-corrected chi connectivity index (χ3v) is 3.19. The molecule has 1 fully saturated rings. The van der Waals surface area contributed by atoms with Crippen LogP contribution in [-0.2, 0) is 4.74 Å². The van der Waals surface area contributed by atoms with E-state index in [1.165, 1.54) is 6.07 Å². The lowest BCUT2D eigenvalue weighted by atomic mass is 10.0. The zero-order valence-corrected chi connectivity index (χ0v) is 10.8. The second-order valence-electron chi connectivity index (χ2n) is 4.80. The summed E-state index contributed by atoms with van der Waals surface area (Å²) in [6, 6.07) is 4.86. The molecule has 1 aliphatic heterocycles. The van der Waals surface area contributed by atoms with E-state index in [9.17, 15) is 9.18 Å². The summed E-state index contributed by atoms with van der Waals surface area (Å²) in [6.45, 7) is 6.11. The van der Waals surface area contributed by atoms with E-state index in [0.717, 1.165) is 5.56 Å². The Morgan fingerprint density at radius 1 is 1.33 bits per heavy atom. The summed E-state index contributed by atoms with van der Waals surface area (Å²) < 4.78 is 19.1. The van der Waals surface area contributed by atoms with Crippen molar-refractivity contribution in [1.82, 2.24) is 4.90 Å². The molecule has 1 aromatic rings. The van der Waals surface area contributed by atoms with Crippen LogP contribution in [0.1, 0.15) is 35.7 Å². The van der Waals surface area contributed by atoms with Gasteiger partial charge in [0.05, 0.1) is 18.8 Å². The quantitative estimate of drug-likeness (QED) is 0.808. The lowest BCUT2D eigenvalue weighted by Gasteiger charge is -2.27. The molecular formula is C14H18FNO2. The third kappa shape index (κ3) is 2.70. The van der Waals surface area contributed by atoms with Crippen LogP contribution in [0.4, 0.5) is 4.39 Å². The van der Waals surface area contributed by atoms with E-state index < -0.39 is 5.82 Å². The largest absolute Gasteiger partial charge is 0.378 e. The number of benzene rings is 1. The van der Waals surface area contributed by atoms with Gasteiger partial charge in [-0.3, -0.25) is 4.79 Å². The van der Waals surface area contributed by atoms with Crippen molar-refractivity contribution in [3.63, 3.8) is 0 Å². The second kappa shape index (κ2) is 5.48. The monoisotopic (exact) mass is 251 g/mol. The van der Waals surface area contributed by atoms with Crippen molar-refractivity contribution in [1.29, 1.82) is 0 Å². The van der Waals surface area contributed by atoms with E-state index in [2.05, 4.69) is 0 Å². The summed E-state index contributed by atoms with van der Waals surface area (Å²) in [5, 5.41) is 0. The second-order valence-corrected chi connectivity index (χ2v) is 4.80. The van der Waals surface area contributed by atoms with E-state index in [0.29, 0.717) is 26.3 Å². The highest BCUT2D eigenvalue weighted by molar-refractivity contribution is 5.94. The van der Waals surface area contributed by atoms with Crippen LogP contribution < -0.4 is 0 Å². The average Bonchev–Trinajstić information content (AvgIpc) is 2.38. The molecule has 0 spiro atoms. The van der Waals surface area contributed by atoms with Gasteiger partial charge in [0, 0.05) is 13.1 Å². The molecule has 1 aromatic carbocycles. The Labute approximate surface area is 107 Å². The lowest BCUT2D eigenvalue weighted by molar-refractivity contribution is 0.0300. The molecule has 0 atom stereocenters. The van der Waals surface area contributed by atoms with E-state index in [-0.39, 0.29) is 17.4 Å². The van der Waals surface area contributed by atoms with Crippen LogP contribution in [0.5, 0.6) is 0 Å². The maximum absolute atomic E-state index is 13.9. The molecule has 1 aliphatic rings. The Bertz CT molecular complexity index is 439. The Morgan fingerprint density at radius 2 is 2.00 bits per heavy atom. The zero-order chi connectivity index (χ0) is 13.1. The van der Waals surface area contributed by atoms with Crippen LogP contribution in [0, 0.1) is 5.82 Å². The Morgan fingerprint density at radius 3 is 2.56 bits per heavy atom. The maximum Gasteiger partial charge on any atom is 0.256 e. The number of rotatable bonds is 2. The minimum atomic E-state index is -0.433. The van der Waals surface area contributed by atoms with Gasteiger partial charge in [-0.2, -0.15) is 0 Å². The molecule has 1 heterocycles. The predicted octanol–water partition coefficient (Wildman–Crippen LogP) is 2.42. The molecule has 1 saturated heterocycles. The van der Waals surface area contributed by atoms with Crippen molar-refractivity contribution >= 4 is 5.91 Å². The van der Waals surface area contributed by atoms with Gasteiger partial charge in [0.25, 0.3) is 5.91 Å². The lowest BCUT2D eigenvalue weighted by Crippen LogP contribution is -2.41. The predicted molar refractivity (Wildman–Crippen MR) is 67.2 cm³/mol. The van der Waals surface area contributed by atoms with Crippen molar-refractivity contribution < 1.29 is 13.9 Å². The van der Waals surface area contributed by atoms with Gasteiger partial charge in [0.2, 0.25) is 0 Å². The van der Waals surface area contributed by atoms with Crippen LogP contribution in [0.2, 0.25) is 0 Å². The Kier molecular flexibility index (Phi) is 3.97. The van der Waals surface area contributed by atoms with Crippen LogP contribution in [0.25, 0.3) is 0 Å². The fourth-order valence-electron chi connectivity index (χ4n) is 2.00.